The van der Waals surface area contributed by atoms with Gasteiger partial charge in [0, 0.05) is 12.1 Å². The normalized spacial score (nSPS) is 13.1. The molecule has 23 heavy (non-hydrogen) atoms. The van der Waals surface area contributed by atoms with Gasteiger partial charge in [0.2, 0.25) is 0 Å². The molecule has 0 fully saturated rings. The second-order valence-corrected chi connectivity index (χ2v) is 6.44. The first-order chi connectivity index (χ1) is 10.9. The smallest absolute Gasteiger partial charge is 0.138 e. The molecule has 1 heterocycles. The van der Waals surface area contributed by atoms with Crippen molar-refractivity contribution in [3.8, 4) is 5.75 Å². The van der Waals surface area contributed by atoms with E-state index < -0.39 is 11.6 Å². The number of aliphatic hydroxyl groups is 1. The van der Waals surface area contributed by atoms with Crippen LogP contribution >= 0.6 is 0 Å². The fourth-order valence-corrected chi connectivity index (χ4v) is 1.94. The Kier molecular flexibility index (Phi) is 5.71. The van der Waals surface area contributed by atoms with Crippen molar-refractivity contribution in [2.45, 2.75) is 39.0 Å². The Morgan fingerprint density at radius 3 is 2.43 bits per heavy atom. The number of ether oxygens (including phenoxy) is 1. The van der Waals surface area contributed by atoms with E-state index >= 15 is 0 Å². The van der Waals surface area contributed by atoms with Gasteiger partial charge in [-0.3, -0.25) is 4.98 Å². The molecule has 1 unspecified atom stereocenters. The Morgan fingerprint density at radius 1 is 1.17 bits per heavy atom. The van der Waals surface area contributed by atoms with Crippen molar-refractivity contribution in [2.24, 2.45) is 0 Å². The zero-order valence-corrected chi connectivity index (χ0v) is 13.8. The van der Waals surface area contributed by atoms with E-state index in [4.69, 9.17) is 4.74 Å². The van der Waals surface area contributed by atoms with Crippen LogP contribution in [0.5, 0.6) is 5.75 Å². The minimum absolute atomic E-state index is 0.0132. The molecule has 0 aliphatic heterocycles. The van der Waals surface area contributed by atoms with Gasteiger partial charge >= 0.3 is 0 Å². The van der Waals surface area contributed by atoms with E-state index in [1.165, 1.54) is 0 Å². The molecular weight excluding hydrogens is 292 g/mol. The Labute approximate surface area is 137 Å². The summed E-state index contributed by atoms with van der Waals surface area (Å²) in [6.45, 7) is 5.87. The van der Waals surface area contributed by atoms with E-state index in [-0.39, 0.29) is 6.54 Å². The van der Waals surface area contributed by atoms with Crippen molar-refractivity contribution in [1.29, 1.82) is 0 Å². The van der Waals surface area contributed by atoms with E-state index in [2.05, 4.69) is 4.98 Å². The summed E-state index contributed by atoms with van der Waals surface area (Å²) in [4.78, 5) is 4.19. The third-order valence-electron chi connectivity index (χ3n) is 3.44. The van der Waals surface area contributed by atoms with E-state index in [0.717, 1.165) is 10.6 Å². The highest BCUT2D eigenvalue weighted by molar-refractivity contribution is 5.22. The maximum atomic E-state index is 11.9. The molecule has 0 radical (unpaired) electrons. The molecule has 2 rings (SSSR count). The van der Waals surface area contributed by atoms with Crippen LogP contribution in [0.4, 0.5) is 0 Å². The van der Waals surface area contributed by atoms with Crippen LogP contribution in [0.15, 0.2) is 48.7 Å². The summed E-state index contributed by atoms with van der Waals surface area (Å²) < 4.78 is 5.65. The lowest BCUT2D eigenvalue weighted by Gasteiger charge is -2.42. The average molecular weight is 315 g/mol. The Hall–Kier alpha value is -1.95. The molecule has 1 aromatic carbocycles. The third kappa shape index (κ3) is 5.32. The minimum atomic E-state index is -0.921. The summed E-state index contributed by atoms with van der Waals surface area (Å²) in [6.07, 6.45) is 0.642. The summed E-state index contributed by atoms with van der Waals surface area (Å²) in [5.41, 5.74) is 0.991. The molecule has 2 aromatic rings. The van der Waals surface area contributed by atoms with Gasteiger partial charge < -0.3 is 20.1 Å². The van der Waals surface area contributed by atoms with Crippen molar-refractivity contribution >= 4 is 0 Å². The fraction of sp³-hybridized carbons (Fsp3) is 0.389. The van der Waals surface area contributed by atoms with Crippen LogP contribution in [0.3, 0.4) is 0 Å². The van der Waals surface area contributed by atoms with Gasteiger partial charge in [-0.15, -0.1) is 0 Å². The van der Waals surface area contributed by atoms with Crippen molar-refractivity contribution < 1.29 is 9.84 Å². The predicted octanol–water partition coefficient (Wildman–Crippen LogP) is 3.29. The molecule has 1 N–H and O–H groups in total. The summed E-state index contributed by atoms with van der Waals surface area (Å²) in [6, 6.07) is 13.3. The van der Waals surface area contributed by atoms with Gasteiger partial charge in [0.25, 0.3) is 0 Å². The predicted molar refractivity (Wildman–Crippen MR) is 89.8 cm³/mol. The van der Waals surface area contributed by atoms with Crippen LogP contribution in [0.2, 0.25) is 0 Å². The van der Waals surface area contributed by atoms with Crippen LogP contribution in [0.25, 0.3) is 0 Å². The van der Waals surface area contributed by atoms with Gasteiger partial charge in [-0.25, -0.2) is 0 Å². The summed E-state index contributed by atoms with van der Waals surface area (Å²) in [5.74, 6) is 0.625. The molecule has 0 aliphatic carbocycles. The highest BCUT2D eigenvalue weighted by Gasteiger charge is 2.17. The fourth-order valence-electron chi connectivity index (χ4n) is 1.94. The second kappa shape index (κ2) is 7.55. The molecule has 0 amide bonds. The number of benzene rings is 1. The number of hydrogen-bond donors (Lipinski definition) is 1. The molecule has 0 aliphatic rings. The lowest BCUT2D eigenvalue weighted by atomic mass is 10.1. The maximum Gasteiger partial charge on any atom is 0.138 e. The van der Waals surface area contributed by atoms with Crippen LogP contribution in [-0.2, 0) is 6.61 Å². The van der Waals surface area contributed by atoms with E-state index in [1.807, 2.05) is 30.3 Å². The number of hydroxylamine groups is 2. The lowest BCUT2D eigenvalue weighted by Crippen LogP contribution is -2.39. The molecule has 5 nitrogen and oxygen atoms in total. The van der Waals surface area contributed by atoms with E-state index in [9.17, 15) is 10.3 Å². The number of rotatable bonds is 6. The van der Waals surface area contributed by atoms with Gasteiger partial charge in [-0.05, 0) is 38.5 Å². The second-order valence-electron chi connectivity index (χ2n) is 6.44. The van der Waals surface area contributed by atoms with Crippen molar-refractivity contribution in [3.63, 3.8) is 0 Å². The number of aromatic nitrogens is 1. The monoisotopic (exact) mass is 315 g/mol. The van der Waals surface area contributed by atoms with Crippen LogP contribution in [0.1, 0.15) is 38.1 Å². The molecule has 0 saturated carbocycles. The van der Waals surface area contributed by atoms with Crippen LogP contribution in [-0.4, -0.2) is 27.2 Å². The van der Waals surface area contributed by atoms with Crippen LogP contribution < -0.4 is 4.74 Å². The Balaban J connectivity index is 1.91. The number of aliphatic hydroxyl groups excluding tert-OH is 1. The van der Waals surface area contributed by atoms with Gasteiger partial charge in [0.15, 0.2) is 0 Å². The molecule has 1 atom stereocenters. The zero-order chi connectivity index (χ0) is 16.9. The average Bonchev–Trinajstić information content (AvgIpc) is 2.53. The molecular formula is C18H23N2O3-. The quantitative estimate of drug-likeness (QED) is 0.828. The topological polar surface area (TPSA) is 68.7 Å². The van der Waals surface area contributed by atoms with E-state index in [0.29, 0.717) is 18.1 Å². The number of pyridine rings is 1. The first-order valence-electron chi connectivity index (χ1n) is 7.62. The van der Waals surface area contributed by atoms with Crippen molar-refractivity contribution in [1.82, 2.24) is 10.0 Å². The summed E-state index contributed by atoms with van der Waals surface area (Å²) >= 11 is 0. The first-order valence-corrected chi connectivity index (χ1v) is 7.62. The minimum Gasteiger partial charge on any atom is -0.785 e. The summed E-state index contributed by atoms with van der Waals surface area (Å²) in [5, 5.41) is 22.8. The SMILES string of the molecule is CC(C)(C)N([O-])CC(O)c1ccc(OCc2ccccc2)cn1. The molecule has 0 spiro atoms. The molecule has 0 saturated heterocycles. The van der Waals surface area contributed by atoms with Gasteiger partial charge in [-0.2, -0.15) is 0 Å². The van der Waals surface area contributed by atoms with E-state index in [1.54, 1.807) is 39.1 Å². The number of hydrogen-bond acceptors (Lipinski definition) is 5. The molecule has 1 aromatic heterocycles. The van der Waals surface area contributed by atoms with Crippen LogP contribution in [0, 0.1) is 5.21 Å². The largest absolute Gasteiger partial charge is 0.785 e. The van der Waals surface area contributed by atoms with Gasteiger partial charge in [0.1, 0.15) is 18.5 Å². The molecule has 124 valence electrons. The Bertz CT molecular complexity index is 594. The Morgan fingerprint density at radius 2 is 1.87 bits per heavy atom. The number of β-amino-alcohol motifs (C(OH)–C–C–N with tert-alkyl or cyclic N) is 1. The van der Waals surface area contributed by atoms with Gasteiger partial charge in [0.05, 0.1) is 11.9 Å². The molecule has 0 bridgehead atoms. The highest BCUT2D eigenvalue weighted by atomic mass is 16.5. The van der Waals surface area contributed by atoms with Crippen molar-refractivity contribution in [2.75, 3.05) is 6.54 Å². The first kappa shape index (κ1) is 17.4. The lowest BCUT2D eigenvalue weighted by molar-refractivity contribution is 0.0912. The summed E-state index contributed by atoms with van der Waals surface area (Å²) in [7, 11) is 0. The zero-order valence-electron chi connectivity index (χ0n) is 13.8. The standard InChI is InChI=1S/C18H23N2O3/c1-18(2,3)20(22)12-17(21)16-10-9-15(11-19-16)23-13-14-7-5-4-6-8-14/h4-11,17,21H,12-13H2,1-3H3/q-1. The van der Waals surface area contributed by atoms with Gasteiger partial charge in [-0.1, -0.05) is 30.3 Å². The maximum absolute atomic E-state index is 11.9. The number of nitrogens with zero attached hydrogens (tertiary/aromatic N) is 2. The van der Waals surface area contributed by atoms with Crippen molar-refractivity contribution in [3.05, 3.63) is 65.1 Å². The third-order valence-corrected chi connectivity index (χ3v) is 3.44. The molecule has 5 heteroatoms. The highest BCUT2D eigenvalue weighted by Crippen LogP contribution is 2.20.